The zero-order valence-electron chi connectivity index (χ0n) is 25.4. The maximum absolute atomic E-state index is 13.6. The lowest BCUT2D eigenvalue weighted by molar-refractivity contribution is -0.143. The van der Waals surface area contributed by atoms with Crippen molar-refractivity contribution in [2.24, 2.45) is 5.92 Å². The van der Waals surface area contributed by atoms with Crippen LogP contribution in [0.15, 0.2) is 72.8 Å². The molecule has 3 amide bonds. The Hall–Kier alpha value is -4.49. The Morgan fingerprint density at radius 1 is 0.913 bits per heavy atom. The number of aliphatic hydroxyl groups is 1. The van der Waals surface area contributed by atoms with E-state index in [0.717, 1.165) is 5.56 Å². The smallest absolute Gasteiger partial charge is 0.326 e. The maximum Gasteiger partial charge on any atom is 0.326 e. The minimum Gasteiger partial charge on any atom is -0.484 e. The average Bonchev–Trinajstić information content (AvgIpc) is 3.02. The maximum atomic E-state index is 13.6. The van der Waals surface area contributed by atoms with Crippen LogP contribution in [0.4, 0.5) is 14.5 Å². The Labute approximate surface area is 269 Å². The fraction of sp³-hybridized carbons (Fsp3) is 0.333. The molecule has 1 aliphatic heterocycles. The summed E-state index contributed by atoms with van der Waals surface area (Å²) in [5.41, 5.74) is 1.76. The minimum absolute atomic E-state index is 0.178. The molecule has 1 heterocycles. The van der Waals surface area contributed by atoms with Crippen molar-refractivity contribution < 1.29 is 42.9 Å². The van der Waals surface area contributed by atoms with E-state index in [0.29, 0.717) is 17.0 Å². The first-order valence-electron chi connectivity index (χ1n) is 14.5. The highest BCUT2D eigenvalue weighted by atomic mass is 32.2. The number of aliphatic hydroxyl groups excluding tert-OH is 1. The summed E-state index contributed by atoms with van der Waals surface area (Å²) in [6.45, 7) is 4.34. The standard InChI is InChI=1S/C33H35F2N3O7S/c1-18(2)28(33(43)44)37-31(41)19(3)36-27(40)16-45-25-14-6-21(7-15-25)29-30(32(42)38(29)24-12-10-23(35)11-13-24)46-17-26(39)20-4-8-22(34)9-5-20/h4-15,18-19,26,28-30,39H,16-17H2,1-3H3,(H,36,40)(H,37,41)(H,43,44)/t19-,26?,28+,29+,30+/m0/s1. The molecule has 244 valence electrons. The van der Waals surface area contributed by atoms with Crippen LogP contribution in [0, 0.1) is 17.6 Å². The van der Waals surface area contributed by atoms with Gasteiger partial charge in [-0.25, -0.2) is 13.6 Å². The monoisotopic (exact) mass is 655 g/mol. The van der Waals surface area contributed by atoms with Gasteiger partial charge in [-0.3, -0.25) is 14.4 Å². The summed E-state index contributed by atoms with van der Waals surface area (Å²) in [6, 6.07) is 15.2. The number of carboxylic acids is 1. The molecule has 0 aliphatic carbocycles. The van der Waals surface area contributed by atoms with E-state index in [4.69, 9.17) is 4.74 Å². The molecule has 3 aromatic carbocycles. The van der Waals surface area contributed by atoms with Gasteiger partial charge in [-0.2, -0.15) is 0 Å². The number of nitrogens with zero attached hydrogens (tertiary/aromatic N) is 1. The first-order valence-corrected chi connectivity index (χ1v) is 15.6. The number of anilines is 1. The summed E-state index contributed by atoms with van der Waals surface area (Å²) in [7, 11) is 0. The number of hydrogen-bond acceptors (Lipinski definition) is 7. The third-order valence-electron chi connectivity index (χ3n) is 7.43. The molecule has 1 fully saturated rings. The number of rotatable bonds is 14. The molecule has 1 saturated heterocycles. The van der Waals surface area contributed by atoms with Gasteiger partial charge >= 0.3 is 5.97 Å². The van der Waals surface area contributed by atoms with Crippen LogP contribution in [0.25, 0.3) is 0 Å². The number of benzene rings is 3. The lowest BCUT2D eigenvalue weighted by atomic mass is 9.92. The van der Waals surface area contributed by atoms with Gasteiger partial charge in [0.25, 0.3) is 5.91 Å². The van der Waals surface area contributed by atoms with Gasteiger partial charge in [-0.1, -0.05) is 38.1 Å². The number of β-lactam (4-membered cyclic amide) rings is 1. The average molecular weight is 656 g/mol. The molecule has 0 aromatic heterocycles. The van der Waals surface area contributed by atoms with E-state index < -0.39 is 65.5 Å². The van der Waals surface area contributed by atoms with E-state index >= 15 is 0 Å². The zero-order chi connectivity index (χ0) is 33.5. The minimum atomic E-state index is -1.17. The lowest BCUT2D eigenvalue weighted by Crippen LogP contribution is -2.57. The second-order valence-electron chi connectivity index (χ2n) is 11.2. The van der Waals surface area contributed by atoms with Crippen molar-refractivity contribution >= 4 is 41.1 Å². The molecule has 4 rings (SSSR count). The van der Waals surface area contributed by atoms with E-state index in [9.17, 15) is 38.2 Å². The largest absolute Gasteiger partial charge is 0.484 e. The van der Waals surface area contributed by atoms with Crippen molar-refractivity contribution in [1.29, 1.82) is 0 Å². The molecule has 4 N–H and O–H groups in total. The number of aliphatic carboxylic acids is 1. The van der Waals surface area contributed by atoms with Gasteiger partial charge in [0.05, 0.1) is 12.1 Å². The summed E-state index contributed by atoms with van der Waals surface area (Å²) in [6.07, 6.45) is -0.927. The van der Waals surface area contributed by atoms with Gasteiger partial charge in [0, 0.05) is 11.4 Å². The van der Waals surface area contributed by atoms with E-state index in [1.807, 2.05) is 0 Å². The second kappa shape index (κ2) is 15.2. The van der Waals surface area contributed by atoms with Crippen molar-refractivity contribution in [3.05, 3.63) is 95.6 Å². The molecule has 46 heavy (non-hydrogen) atoms. The number of amides is 3. The van der Waals surface area contributed by atoms with E-state index in [-0.39, 0.29) is 17.6 Å². The first-order chi connectivity index (χ1) is 21.8. The van der Waals surface area contributed by atoms with Crippen molar-refractivity contribution in [2.75, 3.05) is 17.3 Å². The molecule has 1 unspecified atom stereocenters. The van der Waals surface area contributed by atoms with Crippen molar-refractivity contribution in [2.45, 2.75) is 50.3 Å². The summed E-state index contributed by atoms with van der Waals surface area (Å²) in [5, 5.41) is 24.2. The zero-order valence-corrected chi connectivity index (χ0v) is 26.2. The summed E-state index contributed by atoms with van der Waals surface area (Å²) in [4.78, 5) is 51.0. The van der Waals surface area contributed by atoms with Crippen LogP contribution in [0.1, 0.15) is 44.0 Å². The van der Waals surface area contributed by atoms with Crippen LogP contribution < -0.4 is 20.3 Å². The van der Waals surface area contributed by atoms with E-state index in [1.165, 1.54) is 67.2 Å². The Bertz CT molecular complexity index is 1540. The number of halogens is 2. The number of ether oxygens (including phenoxy) is 1. The molecule has 10 nitrogen and oxygen atoms in total. The molecule has 0 spiro atoms. The van der Waals surface area contributed by atoms with Gasteiger partial charge in [-0.15, -0.1) is 11.8 Å². The van der Waals surface area contributed by atoms with Crippen LogP contribution in [0.3, 0.4) is 0 Å². The first kappa shape index (κ1) is 34.4. The molecule has 3 aromatic rings. The molecule has 0 bridgehead atoms. The summed E-state index contributed by atoms with van der Waals surface area (Å²) >= 11 is 1.26. The highest BCUT2D eigenvalue weighted by Gasteiger charge is 2.49. The van der Waals surface area contributed by atoms with Gasteiger partial charge in [0.15, 0.2) is 6.61 Å². The number of carbonyl (C=O) groups is 4. The Kier molecular flexibility index (Phi) is 11.4. The Morgan fingerprint density at radius 3 is 2.07 bits per heavy atom. The SMILES string of the molecule is CC(C)[C@@H](NC(=O)[C@H](C)NC(=O)COc1ccc([C@@H]2[C@@H](SCC(O)c3ccc(F)cc3)C(=O)N2c2ccc(F)cc2)cc1)C(=O)O. The second-order valence-corrected chi connectivity index (χ2v) is 12.3. The highest BCUT2D eigenvalue weighted by Crippen LogP contribution is 2.46. The van der Waals surface area contributed by atoms with Crippen molar-refractivity contribution in [3.63, 3.8) is 0 Å². The number of hydrogen-bond donors (Lipinski definition) is 4. The molecule has 5 atom stereocenters. The summed E-state index contributed by atoms with van der Waals surface area (Å²) in [5.74, 6) is -3.31. The van der Waals surface area contributed by atoms with Gasteiger partial charge in [-0.05, 0) is 72.5 Å². The Morgan fingerprint density at radius 2 is 1.50 bits per heavy atom. The van der Waals surface area contributed by atoms with Crippen molar-refractivity contribution in [3.8, 4) is 5.75 Å². The number of carboxylic acid groups (broad SMARTS) is 1. The fourth-order valence-electron chi connectivity index (χ4n) is 4.86. The van der Waals surface area contributed by atoms with Crippen LogP contribution in [-0.2, 0) is 19.2 Å². The third kappa shape index (κ3) is 8.40. The molecule has 13 heteroatoms. The third-order valence-corrected chi connectivity index (χ3v) is 8.76. The van der Waals surface area contributed by atoms with Gasteiger partial charge in [0.1, 0.15) is 34.7 Å². The van der Waals surface area contributed by atoms with Crippen LogP contribution in [0.5, 0.6) is 5.75 Å². The van der Waals surface area contributed by atoms with Crippen LogP contribution in [0.2, 0.25) is 0 Å². The molecule has 1 aliphatic rings. The fourth-order valence-corrected chi connectivity index (χ4v) is 6.16. The Balaban J connectivity index is 1.39. The van der Waals surface area contributed by atoms with Crippen LogP contribution in [-0.4, -0.2) is 63.6 Å². The number of carbonyl (C=O) groups excluding carboxylic acids is 3. The van der Waals surface area contributed by atoms with Gasteiger partial charge < -0.3 is 30.5 Å². The topological polar surface area (TPSA) is 145 Å². The molecule has 0 saturated carbocycles. The molecular formula is C33H35F2N3O7S. The number of thioether (sulfide) groups is 1. The predicted molar refractivity (Wildman–Crippen MR) is 168 cm³/mol. The van der Waals surface area contributed by atoms with Gasteiger partial charge in [0.2, 0.25) is 11.8 Å². The predicted octanol–water partition coefficient (Wildman–Crippen LogP) is 4.00. The molecular weight excluding hydrogens is 620 g/mol. The van der Waals surface area contributed by atoms with Crippen LogP contribution >= 0.6 is 11.8 Å². The quantitative estimate of drug-likeness (QED) is 0.191. The molecule has 0 radical (unpaired) electrons. The summed E-state index contributed by atoms with van der Waals surface area (Å²) < 4.78 is 32.5. The van der Waals surface area contributed by atoms with Crippen molar-refractivity contribution in [1.82, 2.24) is 10.6 Å². The number of nitrogens with one attached hydrogen (secondary N) is 2. The normalized spacial score (nSPS) is 17.9. The van der Waals surface area contributed by atoms with E-state index in [2.05, 4.69) is 10.6 Å². The lowest BCUT2D eigenvalue weighted by Gasteiger charge is -2.47. The van der Waals surface area contributed by atoms with E-state index in [1.54, 1.807) is 43.0 Å². The highest BCUT2D eigenvalue weighted by molar-refractivity contribution is 8.00.